The Hall–Kier alpha value is -1.12. The molecule has 2 aromatic heterocycles. The quantitative estimate of drug-likeness (QED) is 0.729. The van der Waals surface area contributed by atoms with Gasteiger partial charge < -0.3 is 4.90 Å². The monoisotopic (exact) mass is 371 g/mol. The molecule has 0 radical (unpaired) electrons. The van der Waals surface area contributed by atoms with Crippen LogP contribution in [0.4, 0.5) is 0 Å². The molecule has 6 nitrogen and oxygen atoms in total. The predicted molar refractivity (Wildman–Crippen MR) is 85.9 cm³/mol. The SMILES string of the molecule is CC(C)c1nnsc1C(=O)c1c(Br)cnn1CCN(C)C. The highest BCUT2D eigenvalue weighted by molar-refractivity contribution is 9.10. The smallest absolute Gasteiger partial charge is 0.225 e. The molecule has 114 valence electrons. The number of halogens is 1. The molecule has 0 unspecified atom stereocenters. The van der Waals surface area contributed by atoms with E-state index < -0.39 is 0 Å². The number of rotatable bonds is 6. The van der Waals surface area contributed by atoms with Crippen LogP contribution in [0.1, 0.15) is 40.8 Å². The lowest BCUT2D eigenvalue weighted by Gasteiger charge is -2.11. The molecule has 2 heterocycles. The van der Waals surface area contributed by atoms with E-state index in [9.17, 15) is 4.79 Å². The van der Waals surface area contributed by atoms with Crippen molar-refractivity contribution in [3.8, 4) is 0 Å². The Morgan fingerprint density at radius 3 is 2.81 bits per heavy atom. The van der Waals surface area contributed by atoms with Gasteiger partial charge in [0.1, 0.15) is 10.6 Å². The van der Waals surface area contributed by atoms with Crippen LogP contribution in [0.3, 0.4) is 0 Å². The van der Waals surface area contributed by atoms with Gasteiger partial charge in [-0.05, 0) is 47.5 Å². The van der Waals surface area contributed by atoms with Crippen molar-refractivity contribution in [1.82, 2.24) is 24.3 Å². The standard InChI is InChI=1S/C13H18BrN5OS/c1-8(2)10-13(21-17-16-10)12(20)11-9(14)7-15-19(11)6-5-18(3)4/h7-8H,5-6H2,1-4H3. The maximum absolute atomic E-state index is 12.8. The number of ketones is 1. The Labute approximate surface area is 136 Å². The third-order valence-electron chi connectivity index (χ3n) is 3.04. The lowest BCUT2D eigenvalue weighted by molar-refractivity contribution is 0.102. The molecule has 0 aliphatic heterocycles. The van der Waals surface area contributed by atoms with Crippen molar-refractivity contribution in [2.24, 2.45) is 0 Å². The van der Waals surface area contributed by atoms with Crippen LogP contribution in [0.2, 0.25) is 0 Å². The van der Waals surface area contributed by atoms with E-state index in [1.807, 2.05) is 27.9 Å². The molecular weight excluding hydrogens is 354 g/mol. The van der Waals surface area contributed by atoms with Crippen molar-refractivity contribution in [1.29, 1.82) is 0 Å². The second-order valence-corrected chi connectivity index (χ2v) is 6.95. The van der Waals surface area contributed by atoms with E-state index in [4.69, 9.17) is 0 Å². The number of likely N-dealkylation sites (N-methyl/N-ethyl adjacent to an activating group) is 1. The van der Waals surface area contributed by atoms with Gasteiger partial charge in [0.25, 0.3) is 0 Å². The molecule has 0 spiro atoms. The average molecular weight is 372 g/mol. The minimum absolute atomic E-state index is 0.0724. The molecule has 0 saturated carbocycles. The fourth-order valence-corrected chi connectivity index (χ4v) is 3.13. The highest BCUT2D eigenvalue weighted by Gasteiger charge is 2.25. The summed E-state index contributed by atoms with van der Waals surface area (Å²) < 4.78 is 6.36. The number of hydrogen-bond donors (Lipinski definition) is 0. The second kappa shape index (κ2) is 6.76. The first-order valence-corrected chi connectivity index (χ1v) is 8.21. The molecule has 0 amide bonds. The van der Waals surface area contributed by atoms with Gasteiger partial charge in [-0.3, -0.25) is 9.48 Å². The topological polar surface area (TPSA) is 63.9 Å². The van der Waals surface area contributed by atoms with Crippen LogP contribution < -0.4 is 0 Å². The molecule has 2 rings (SSSR count). The summed E-state index contributed by atoms with van der Waals surface area (Å²) in [6.45, 7) is 5.48. The largest absolute Gasteiger partial charge is 0.308 e. The predicted octanol–water partition coefficient (Wildman–Crippen LogP) is 2.41. The summed E-state index contributed by atoms with van der Waals surface area (Å²) in [7, 11) is 3.98. The van der Waals surface area contributed by atoms with E-state index >= 15 is 0 Å². The van der Waals surface area contributed by atoms with Gasteiger partial charge >= 0.3 is 0 Å². The van der Waals surface area contributed by atoms with Gasteiger partial charge in [-0.1, -0.05) is 18.3 Å². The Bertz CT molecular complexity index is 634. The Morgan fingerprint density at radius 1 is 1.48 bits per heavy atom. The summed E-state index contributed by atoms with van der Waals surface area (Å²) in [5.41, 5.74) is 1.31. The molecule has 8 heteroatoms. The molecule has 0 saturated heterocycles. The van der Waals surface area contributed by atoms with Gasteiger partial charge in [-0.15, -0.1) is 5.10 Å². The highest BCUT2D eigenvalue weighted by Crippen LogP contribution is 2.26. The van der Waals surface area contributed by atoms with Gasteiger partial charge in [0.15, 0.2) is 0 Å². The van der Waals surface area contributed by atoms with Crippen LogP contribution in [0.25, 0.3) is 0 Å². The van der Waals surface area contributed by atoms with E-state index in [-0.39, 0.29) is 11.7 Å². The lowest BCUT2D eigenvalue weighted by Crippen LogP contribution is -2.22. The van der Waals surface area contributed by atoms with Crippen molar-refractivity contribution in [2.45, 2.75) is 26.3 Å². The summed E-state index contributed by atoms with van der Waals surface area (Å²) in [4.78, 5) is 15.5. The molecule has 0 N–H and O–H groups in total. The molecule has 0 fully saturated rings. The number of aromatic nitrogens is 4. The fraction of sp³-hybridized carbons (Fsp3) is 0.538. The Morgan fingerprint density at radius 2 is 2.19 bits per heavy atom. The fourth-order valence-electron chi connectivity index (χ4n) is 1.89. The summed E-state index contributed by atoms with van der Waals surface area (Å²) in [5, 5.41) is 8.35. The first kappa shape index (κ1) is 16.3. The summed E-state index contributed by atoms with van der Waals surface area (Å²) >= 11 is 4.56. The number of carbonyl (C=O) groups excluding carboxylic acids is 1. The molecule has 0 aliphatic carbocycles. The van der Waals surface area contributed by atoms with Crippen LogP contribution in [-0.4, -0.2) is 50.7 Å². The minimum Gasteiger partial charge on any atom is -0.308 e. The molecule has 0 aromatic carbocycles. The molecule has 0 bridgehead atoms. The van der Waals surface area contributed by atoms with E-state index in [0.717, 1.165) is 23.8 Å². The summed E-state index contributed by atoms with van der Waals surface area (Å²) in [6.07, 6.45) is 1.66. The summed E-state index contributed by atoms with van der Waals surface area (Å²) in [5.74, 6) is 0.0939. The van der Waals surface area contributed by atoms with Gasteiger partial charge in [-0.2, -0.15) is 5.10 Å². The Balaban J connectivity index is 2.34. The normalized spacial score (nSPS) is 11.6. The van der Waals surface area contributed by atoms with Crippen molar-refractivity contribution in [3.63, 3.8) is 0 Å². The number of nitrogens with zero attached hydrogens (tertiary/aromatic N) is 5. The van der Waals surface area contributed by atoms with Crippen LogP contribution in [0.15, 0.2) is 10.7 Å². The van der Waals surface area contributed by atoms with E-state index in [1.54, 1.807) is 10.9 Å². The molecule has 2 aromatic rings. The van der Waals surface area contributed by atoms with Crippen LogP contribution in [0.5, 0.6) is 0 Å². The van der Waals surface area contributed by atoms with Gasteiger partial charge in [0.05, 0.1) is 22.9 Å². The van der Waals surface area contributed by atoms with Crippen LogP contribution in [0, 0.1) is 0 Å². The van der Waals surface area contributed by atoms with E-state index in [0.29, 0.717) is 21.6 Å². The lowest BCUT2D eigenvalue weighted by atomic mass is 10.1. The minimum atomic E-state index is -0.0724. The maximum atomic E-state index is 12.8. The van der Waals surface area contributed by atoms with E-state index in [1.165, 1.54) is 0 Å². The zero-order valence-corrected chi connectivity index (χ0v) is 14.9. The summed E-state index contributed by atoms with van der Waals surface area (Å²) in [6, 6.07) is 0. The third-order valence-corrected chi connectivity index (χ3v) is 4.36. The average Bonchev–Trinajstić information content (AvgIpc) is 3.02. The van der Waals surface area contributed by atoms with Crippen molar-refractivity contribution >= 4 is 33.2 Å². The van der Waals surface area contributed by atoms with Crippen molar-refractivity contribution < 1.29 is 4.79 Å². The first-order chi connectivity index (χ1) is 9.91. The van der Waals surface area contributed by atoms with Gasteiger partial charge in [0, 0.05) is 6.54 Å². The highest BCUT2D eigenvalue weighted by atomic mass is 79.9. The van der Waals surface area contributed by atoms with Crippen LogP contribution >= 0.6 is 27.5 Å². The number of carbonyl (C=O) groups is 1. The molecule has 0 atom stereocenters. The van der Waals surface area contributed by atoms with Gasteiger partial charge in [-0.25, -0.2) is 0 Å². The first-order valence-electron chi connectivity index (χ1n) is 6.64. The number of hydrogen-bond acceptors (Lipinski definition) is 6. The molecule has 21 heavy (non-hydrogen) atoms. The zero-order valence-electron chi connectivity index (χ0n) is 12.5. The zero-order chi connectivity index (χ0) is 15.6. The maximum Gasteiger partial charge on any atom is 0.225 e. The Kier molecular flexibility index (Phi) is 5.23. The third kappa shape index (κ3) is 3.56. The molecule has 0 aliphatic rings. The van der Waals surface area contributed by atoms with E-state index in [2.05, 4.69) is 35.5 Å². The molecular formula is C13H18BrN5OS. The van der Waals surface area contributed by atoms with Crippen molar-refractivity contribution in [2.75, 3.05) is 20.6 Å². The van der Waals surface area contributed by atoms with Gasteiger partial charge in [0.2, 0.25) is 5.78 Å². The van der Waals surface area contributed by atoms with Crippen LogP contribution in [-0.2, 0) is 6.54 Å². The van der Waals surface area contributed by atoms with Crippen molar-refractivity contribution in [3.05, 3.63) is 26.9 Å². The second-order valence-electron chi connectivity index (χ2n) is 5.34.